The molecule has 3 rings (SSSR count). The molecule has 0 radical (unpaired) electrons. The van der Waals surface area contributed by atoms with Crippen molar-refractivity contribution >= 4 is 11.6 Å². The summed E-state index contributed by atoms with van der Waals surface area (Å²) in [5, 5.41) is 3.28. The van der Waals surface area contributed by atoms with Gasteiger partial charge in [0.15, 0.2) is 0 Å². The molecule has 0 aliphatic carbocycles. The predicted octanol–water partition coefficient (Wildman–Crippen LogP) is 3.17. The number of hydrogen-bond acceptors (Lipinski definition) is 4. The number of aromatic nitrogens is 2. The number of hydrogen-bond donors (Lipinski definition) is 1. The van der Waals surface area contributed by atoms with Crippen molar-refractivity contribution in [2.24, 2.45) is 0 Å². The molecule has 2 aromatic rings. The number of aryl methyl sites for hydroxylation is 1. The van der Waals surface area contributed by atoms with E-state index in [-0.39, 0.29) is 0 Å². The van der Waals surface area contributed by atoms with E-state index in [1.54, 1.807) is 0 Å². The molecule has 0 bridgehead atoms. The maximum absolute atomic E-state index is 4.64. The fraction of sp³-hybridized carbons (Fsp3) is 0.412. The lowest BCUT2D eigenvalue weighted by molar-refractivity contribution is 0.585. The quantitative estimate of drug-likeness (QED) is 0.939. The molecule has 1 aromatic heterocycles. The van der Waals surface area contributed by atoms with Crippen molar-refractivity contribution < 1.29 is 0 Å². The molecular formula is C17H22N4. The third kappa shape index (κ3) is 2.84. The summed E-state index contributed by atoms with van der Waals surface area (Å²) in [5.74, 6) is 2.74. The Hall–Kier alpha value is -2.10. The first kappa shape index (κ1) is 13.9. The van der Waals surface area contributed by atoms with Crippen molar-refractivity contribution in [1.29, 1.82) is 0 Å². The molecule has 1 N–H and O–H groups in total. The third-order valence-corrected chi connectivity index (χ3v) is 3.98. The molecule has 4 heteroatoms. The largest absolute Gasteiger partial charge is 0.370 e. The lowest BCUT2D eigenvalue weighted by Crippen LogP contribution is -2.39. The predicted molar refractivity (Wildman–Crippen MR) is 86.7 cm³/mol. The van der Waals surface area contributed by atoms with E-state index in [1.807, 2.05) is 6.92 Å². The normalized spacial score (nSPS) is 17.5. The summed E-state index contributed by atoms with van der Waals surface area (Å²) in [4.78, 5) is 11.4. The van der Waals surface area contributed by atoms with Gasteiger partial charge in [-0.1, -0.05) is 24.3 Å². The summed E-state index contributed by atoms with van der Waals surface area (Å²) in [6.07, 6.45) is 1.07. The van der Waals surface area contributed by atoms with Crippen molar-refractivity contribution in [1.82, 2.24) is 9.97 Å². The minimum atomic E-state index is 0.448. The van der Waals surface area contributed by atoms with E-state index < -0.39 is 0 Å². The number of nitrogens with zero attached hydrogens (tertiary/aromatic N) is 3. The molecule has 1 atom stereocenters. The number of rotatable bonds is 3. The minimum Gasteiger partial charge on any atom is -0.370 e. The van der Waals surface area contributed by atoms with Gasteiger partial charge in [0.2, 0.25) is 0 Å². The molecular weight excluding hydrogens is 260 g/mol. The van der Waals surface area contributed by atoms with E-state index in [9.17, 15) is 0 Å². The first-order valence-corrected chi connectivity index (χ1v) is 7.60. The molecule has 0 saturated heterocycles. The highest BCUT2D eigenvalue weighted by Crippen LogP contribution is 2.28. The average Bonchev–Trinajstić information content (AvgIpc) is 2.46. The summed E-state index contributed by atoms with van der Waals surface area (Å²) < 4.78 is 0. The molecule has 0 saturated carbocycles. The van der Waals surface area contributed by atoms with Crippen LogP contribution in [0.2, 0.25) is 0 Å². The molecule has 21 heavy (non-hydrogen) atoms. The van der Waals surface area contributed by atoms with Gasteiger partial charge in [0.25, 0.3) is 0 Å². The molecule has 2 heterocycles. The summed E-state index contributed by atoms with van der Waals surface area (Å²) in [6, 6.07) is 11.2. The summed E-state index contributed by atoms with van der Waals surface area (Å²) >= 11 is 0. The van der Waals surface area contributed by atoms with E-state index >= 15 is 0 Å². The van der Waals surface area contributed by atoms with E-state index in [1.165, 1.54) is 11.1 Å². The average molecular weight is 282 g/mol. The number of nitrogens with one attached hydrogen (secondary N) is 1. The fourth-order valence-corrected chi connectivity index (χ4v) is 2.96. The zero-order valence-electron chi connectivity index (χ0n) is 12.9. The summed E-state index contributed by atoms with van der Waals surface area (Å²) in [6.45, 7) is 8.08. The van der Waals surface area contributed by atoms with Crippen LogP contribution in [0.4, 0.5) is 11.6 Å². The fourth-order valence-electron chi connectivity index (χ4n) is 2.96. The Kier molecular flexibility index (Phi) is 3.78. The lowest BCUT2D eigenvalue weighted by Gasteiger charge is -2.36. The zero-order valence-corrected chi connectivity index (χ0v) is 12.9. The summed E-state index contributed by atoms with van der Waals surface area (Å²) in [5.41, 5.74) is 2.86. The van der Waals surface area contributed by atoms with Crippen LogP contribution in [-0.4, -0.2) is 22.6 Å². The molecule has 0 unspecified atom stereocenters. The van der Waals surface area contributed by atoms with E-state index in [0.717, 1.165) is 37.0 Å². The molecule has 0 spiro atoms. The van der Waals surface area contributed by atoms with Crippen LogP contribution in [0.15, 0.2) is 30.3 Å². The molecule has 1 aliphatic heterocycles. The Labute approximate surface area is 126 Å². The Bertz CT molecular complexity index is 638. The van der Waals surface area contributed by atoms with E-state index in [0.29, 0.717) is 6.04 Å². The van der Waals surface area contributed by atoms with Gasteiger partial charge < -0.3 is 10.2 Å². The maximum Gasteiger partial charge on any atom is 0.134 e. The monoisotopic (exact) mass is 282 g/mol. The van der Waals surface area contributed by atoms with Crippen LogP contribution >= 0.6 is 0 Å². The second kappa shape index (κ2) is 5.72. The highest BCUT2D eigenvalue weighted by Gasteiger charge is 2.24. The van der Waals surface area contributed by atoms with Crippen LogP contribution < -0.4 is 10.2 Å². The van der Waals surface area contributed by atoms with Gasteiger partial charge in [0, 0.05) is 25.2 Å². The molecule has 1 aliphatic rings. The van der Waals surface area contributed by atoms with E-state index in [4.69, 9.17) is 0 Å². The second-order valence-electron chi connectivity index (χ2n) is 5.64. The van der Waals surface area contributed by atoms with Crippen LogP contribution in [0.3, 0.4) is 0 Å². The number of anilines is 2. The van der Waals surface area contributed by atoms with Crippen LogP contribution in [0.5, 0.6) is 0 Å². The van der Waals surface area contributed by atoms with E-state index in [2.05, 4.69) is 64.4 Å². The van der Waals surface area contributed by atoms with Crippen LogP contribution in [-0.2, 0) is 13.0 Å². The Balaban J connectivity index is 1.93. The minimum absolute atomic E-state index is 0.448. The SMILES string of the molecule is CCNc1cc(N2Cc3ccccc3C[C@H]2C)nc(C)n1. The van der Waals surface area contributed by atoms with Crippen molar-refractivity contribution in [2.75, 3.05) is 16.8 Å². The standard InChI is InChI=1S/C17H22N4/c1-4-18-16-10-17(20-13(3)19-16)21-11-15-8-6-5-7-14(15)9-12(21)2/h5-8,10,12H,4,9,11H2,1-3H3,(H,18,19,20)/t12-/m1/s1. The van der Waals surface area contributed by atoms with Gasteiger partial charge in [0.05, 0.1) is 0 Å². The highest BCUT2D eigenvalue weighted by molar-refractivity contribution is 5.52. The number of benzene rings is 1. The maximum atomic E-state index is 4.64. The first-order chi connectivity index (χ1) is 10.2. The first-order valence-electron chi connectivity index (χ1n) is 7.60. The van der Waals surface area contributed by atoms with Gasteiger partial charge in [-0.3, -0.25) is 0 Å². The zero-order chi connectivity index (χ0) is 14.8. The summed E-state index contributed by atoms with van der Waals surface area (Å²) in [7, 11) is 0. The topological polar surface area (TPSA) is 41.0 Å². The van der Waals surface area contributed by atoms with Crippen LogP contribution in [0, 0.1) is 6.92 Å². The smallest absolute Gasteiger partial charge is 0.134 e. The van der Waals surface area contributed by atoms with Crippen LogP contribution in [0.1, 0.15) is 30.8 Å². The number of fused-ring (bicyclic) bond motifs is 1. The van der Waals surface area contributed by atoms with Crippen molar-refractivity contribution in [3.8, 4) is 0 Å². The van der Waals surface area contributed by atoms with Gasteiger partial charge in [-0.05, 0) is 38.3 Å². The molecule has 0 amide bonds. The highest BCUT2D eigenvalue weighted by atomic mass is 15.2. The molecule has 0 fully saturated rings. The van der Waals surface area contributed by atoms with Gasteiger partial charge in [-0.25, -0.2) is 9.97 Å². The van der Waals surface area contributed by atoms with Gasteiger partial charge >= 0.3 is 0 Å². The Morgan fingerprint density at radius 1 is 1.24 bits per heavy atom. The third-order valence-electron chi connectivity index (χ3n) is 3.98. The second-order valence-corrected chi connectivity index (χ2v) is 5.64. The van der Waals surface area contributed by atoms with Gasteiger partial charge in [0.1, 0.15) is 17.5 Å². The Morgan fingerprint density at radius 3 is 2.76 bits per heavy atom. The van der Waals surface area contributed by atoms with Crippen LogP contribution in [0.25, 0.3) is 0 Å². The molecule has 4 nitrogen and oxygen atoms in total. The molecule has 110 valence electrons. The molecule has 1 aromatic carbocycles. The van der Waals surface area contributed by atoms with Gasteiger partial charge in [-0.15, -0.1) is 0 Å². The van der Waals surface area contributed by atoms with Crippen molar-refractivity contribution in [3.63, 3.8) is 0 Å². The van der Waals surface area contributed by atoms with Gasteiger partial charge in [-0.2, -0.15) is 0 Å². The Morgan fingerprint density at radius 2 is 2.00 bits per heavy atom. The van der Waals surface area contributed by atoms with Crippen molar-refractivity contribution in [3.05, 3.63) is 47.3 Å². The van der Waals surface area contributed by atoms with Crippen molar-refractivity contribution in [2.45, 2.75) is 39.8 Å². The lowest BCUT2D eigenvalue weighted by atomic mass is 9.95.